The van der Waals surface area contributed by atoms with Crippen LogP contribution in [0.25, 0.3) is 0 Å². The van der Waals surface area contributed by atoms with Gasteiger partial charge in [0.05, 0.1) is 6.42 Å². The highest BCUT2D eigenvalue weighted by molar-refractivity contribution is 5.90. The van der Waals surface area contributed by atoms with Crippen LogP contribution in [0.15, 0.2) is 0 Å². The molecule has 0 aromatic rings. The highest BCUT2D eigenvalue weighted by Crippen LogP contribution is 2.33. The zero-order chi connectivity index (χ0) is 13.1. The first-order valence-electron chi connectivity index (χ1n) is 6.39. The second-order valence-corrected chi connectivity index (χ2v) is 4.90. The third-order valence-corrected chi connectivity index (χ3v) is 3.40. The number of carbonyl (C=O) groups excluding carboxylic acids is 2. The molecular weight excluding hydrogens is 236 g/mol. The number of nitrogens with zero attached hydrogens (tertiary/aromatic N) is 1. The third kappa shape index (κ3) is 3.00. The average Bonchev–Trinajstić information content (AvgIpc) is 3.04. The summed E-state index contributed by atoms with van der Waals surface area (Å²) in [6, 6.07) is -0.396. The molecule has 1 heterocycles. The molecule has 2 fully saturated rings. The maximum Gasteiger partial charge on any atom is 0.305 e. The minimum atomic E-state index is -0.937. The second-order valence-electron chi connectivity index (χ2n) is 4.90. The van der Waals surface area contributed by atoms with Gasteiger partial charge >= 0.3 is 5.97 Å². The molecule has 18 heavy (non-hydrogen) atoms. The molecule has 1 aliphatic heterocycles. The van der Waals surface area contributed by atoms with Crippen LogP contribution in [0.4, 0.5) is 0 Å². The van der Waals surface area contributed by atoms with E-state index in [1.54, 1.807) is 4.90 Å². The molecule has 0 aromatic carbocycles. The van der Waals surface area contributed by atoms with E-state index in [4.69, 9.17) is 5.11 Å². The van der Waals surface area contributed by atoms with E-state index in [-0.39, 0.29) is 30.7 Å². The molecule has 1 saturated carbocycles. The van der Waals surface area contributed by atoms with E-state index in [2.05, 4.69) is 5.32 Å². The van der Waals surface area contributed by atoms with Crippen molar-refractivity contribution in [1.82, 2.24) is 10.2 Å². The first-order chi connectivity index (χ1) is 8.59. The molecule has 0 radical (unpaired) electrons. The molecule has 0 spiro atoms. The lowest BCUT2D eigenvalue weighted by Crippen LogP contribution is -2.46. The van der Waals surface area contributed by atoms with Crippen LogP contribution in [-0.2, 0) is 14.4 Å². The summed E-state index contributed by atoms with van der Waals surface area (Å²) >= 11 is 0. The highest BCUT2D eigenvalue weighted by atomic mass is 16.4. The van der Waals surface area contributed by atoms with Crippen LogP contribution in [0.2, 0.25) is 0 Å². The fraction of sp³-hybridized carbons (Fsp3) is 0.750. The molecule has 0 aromatic heterocycles. The highest BCUT2D eigenvalue weighted by Gasteiger charge is 2.40. The van der Waals surface area contributed by atoms with Crippen molar-refractivity contribution in [3.05, 3.63) is 0 Å². The number of carboxylic acids is 1. The number of aliphatic carboxylic acids is 1. The summed E-state index contributed by atoms with van der Waals surface area (Å²) in [4.78, 5) is 35.9. The fourth-order valence-corrected chi connectivity index (χ4v) is 2.28. The van der Waals surface area contributed by atoms with E-state index < -0.39 is 12.0 Å². The Morgan fingerprint density at radius 3 is 2.56 bits per heavy atom. The van der Waals surface area contributed by atoms with E-state index >= 15 is 0 Å². The average molecular weight is 254 g/mol. The Kier molecular flexibility index (Phi) is 3.84. The van der Waals surface area contributed by atoms with Crippen LogP contribution in [0.5, 0.6) is 0 Å². The quantitative estimate of drug-likeness (QED) is 0.721. The van der Waals surface area contributed by atoms with Gasteiger partial charge in [0.1, 0.15) is 6.04 Å². The van der Waals surface area contributed by atoms with Crippen molar-refractivity contribution in [3.63, 3.8) is 0 Å². The molecule has 1 saturated heterocycles. The largest absolute Gasteiger partial charge is 0.481 e. The topological polar surface area (TPSA) is 86.7 Å². The minimum Gasteiger partial charge on any atom is -0.481 e. The van der Waals surface area contributed by atoms with Gasteiger partial charge < -0.3 is 15.3 Å². The summed E-state index contributed by atoms with van der Waals surface area (Å²) in [6.07, 6.45) is 3.30. The summed E-state index contributed by atoms with van der Waals surface area (Å²) in [5.41, 5.74) is 0. The van der Waals surface area contributed by atoms with E-state index in [1.165, 1.54) is 0 Å². The summed E-state index contributed by atoms with van der Waals surface area (Å²) in [7, 11) is 0. The maximum atomic E-state index is 12.0. The van der Waals surface area contributed by atoms with Crippen molar-refractivity contribution < 1.29 is 19.5 Å². The first kappa shape index (κ1) is 12.9. The van der Waals surface area contributed by atoms with Gasteiger partial charge in [-0.1, -0.05) is 0 Å². The van der Waals surface area contributed by atoms with E-state index in [0.717, 1.165) is 19.3 Å². The minimum absolute atomic E-state index is 0.0883. The zero-order valence-electron chi connectivity index (χ0n) is 10.2. The first-order valence-corrected chi connectivity index (χ1v) is 6.39. The van der Waals surface area contributed by atoms with Gasteiger partial charge in [0.15, 0.2) is 0 Å². The Morgan fingerprint density at radius 2 is 1.94 bits per heavy atom. The van der Waals surface area contributed by atoms with Gasteiger partial charge in [-0.2, -0.15) is 0 Å². The molecule has 2 rings (SSSR count). The van der Waals surface area contributed by atoms with Crippen LogP contribution in [-0.4, -0.2) is 46.9 Å². The molecule has 2 N–H and O–H groups in total. The molecular formula is C12H18N2O4. The number of amides is 2. The number of hydrogen-bond donors (Lipinski definition) is 2. The number of carboxylic acid groups (broad SMARTS) is 1. The van der Waals surface area contributed by atoms with Gasteiger partial charge in [0.2, 0.25) is 11.8 Å². The van der Waals surface area contributed by atoms with Gasteiger partial charge in [-0.05, 0) is 25.7 Å². The Bertz CT molecular complexity index is 365. The van der Waals surface area contributed by atoms with Gasteiger partial charge in [0, 0.05) is 19.0 Å². The maximum absolute atomic E-state index is 12.0. The summed E-state index contributed by atoms with van der Waals surface area (Å²) in [5.74, 6) is -0.946. The molecule has 100 valence electrons. The second kappa shape index (κ2) is 5.37. The Hall–Kier alpha value is -1.59. The standard InChI is InChI=1S/C12H18N2O4/c15-10(16)5-6-13-11(17)9-2-1-7-14(9)12(18)8-3-4-8/h8-9H,1-7H2,(H,13,17)(H,15,16). The van der Waals surface area contributed by atoms with Crippen LogP contribution in [0.1, 0.15) is 32.1 Å². The van der Waals surface area contributed by atoms with Crippen LogP contribution < -0.4 is 5.32 Å². The number of rotatable bonds is 5. The van der Waals surface area contributed by atoms with E-state index in [1.807, 2.05) is 0 Å². The Balaban J connectivity index is 1.84. The van der Waals surface area contributed by atoms with Crippen molar-refractivity contribution in [2.75, 3.05) is 13.1 Å². The predicted octanol–water partition coefficient (Wildman–Crippen LogP) is -0.0217. The molecule has 0 bridgehead atoms. The van der Waals surface area contributed by atoms with Gasteiger partial charge in [-0.3, -0.25) is 14.4 Å². The summed E-state index contributed by atoms with van der Waals surface area (Å²) in [6.45, 7) is 0.766. The lowest BCUT2D eigenvalue weighted by atomic mass is 10.2. The fourth-order valence-electron chi connectivity index (χ4n) is 2.28. The number of carbonyl (C=O) groups is 3. The lowest BCUT2D eigenvalue weighted by Gasteiger charge is -2.23. The lowest BCUT2D eigenvalue weighted by molar-refractivity contribution is -0.140. The molecule has 1 unspecified atom stereocenters. The number of nitrogens with one attached hydrogen (secondary N) is 1. The van der Waals surface area contributed by atoms with Crippen LogP contribution in [0, 0.1) is 5.92 Å². The predicted molar refractivity (Wildman–Crippen MR) is 62.7 cm³/mol. The summed E-state index contributed by atoms with van der Waals surface area (Å²) < 4.78 is 0. The molecule has 1 aliphatic carbocycles. The Morgan fingerprint density at radius 1 is 1.22 bits per heavy atom. The number of likely N-dealkylation sites (tertiary alicyclic amines) is 1. The third-order valence-electron chi connectivity index (χ3n) is 3.40. The zero-order valence-corrected chi connectivity index (χ0v) is 10.2. The van der Waals surface area contributed by atoms with Gasteiger partial charge in [-0.15, -0.1) is 0 Å². The molecule has 2 aliphatic rings. The van der Waals surface area contributed by atoms with Crippen molar-refractivity contribution in [1.29, 1.82) is 0 Å². The molecule has 1 atom stereocenters. The van der Waals surface area contributed by atoms with Crippen molar-refractivity contribution in [2.45, 2.75) is 38.1 Å². The molecule has 2 amide bonds. The monoisotopic (exact) mass is 254 g/mol. The van der Waals surface area contributed by atoms with Gasteiger partial charge in [0.25, 0.3) is 0 Å². The van der Waals surface area contributed by atoms with Crippen LogP contribution in [0.3, 0.4) is 0 Å². The van der Waals surface area contributed by atoms with Crippen molar-refractivity contribution >= 4 is 17.8 Å². The van der Waals surface area contributed by atoms with E-state index in [9.17, 15) is 14.4 Å². The van der Waals surface area contributed by atoms with Gasteiger partial charge in [-0.25, -0.2) is 0 Å². The van der Waals surface area contributed by atoms with Crippen molar-refractivity contribution in [2.24, 2.45) is 5.92 Å². The molecule has 6 nitrogen and oxygen atoms in total. The normalized spacial score (nSPS) is 22.9. The SMILES string of the molecule is O=C(O)CCNC(=O)C1CCCN1C(=O)C1CC1. The Labute approximate surface area is 105 Å². The smallest absolute Gasteiger partial charge is 0.305 e. The number of hydrogen-bond acceptors (Lipinski definition) is 3. The van der Waals surface area contributed by atoms with Crippen molar-refractivity contribution in [3.8, 4) is 0 Å². The summed E-state index contributed by atoms with van der Waals surface area (Å²) in [5, 5.41) is 11.1. The van der Waals surface area contributed by atoms with E-state index in [0.29, 0.717) is 13.0 Å². The molecule has 6 heteroatoms. The van der Waals surface area contributed by atoms with Crippen LogP contribution >= 0.6 is 0 Å².